The summed E-state index contributed by atoms with van der Waals surface area (Å²) in [5, 5.41) is 1.20. The van der Waals surface area contributed by atoms with Crippen molar-refractivity contribution in [3.05, 3.63) is 23.2 Å². The van der Waals surface area contributed by atoms with Gasteiger partial charge in [-0.05, 0) is 25.1 Å². The summed E-state index contributed by atoms with van der Waals surface area (Å²) in [5.41, 5.74) is 1.91. The Hall–Kier alpha value is -1.07. The number of benzene rings is 1. The fraction of sp³-hybridized carbons (Fsp3) is 0.333. The molecule has 1 aliphatic rings. The molecule has 2 aromatic rings. The number of aryl methyl sites for hydroxylation is 1. The Balaban J connectivity index is 2.03. The molecule has 0 aliphatic carbocycles. The van der Waals surface area contributed by atoms with Gasteiger partial charge in [-0.1, -0.05) is 0 Å². The molecule has 1 aliphatic heterocycles. The zero-order valence-corrected chi connectivity index (χ0v) is 11.1. The number of carbonyl (C=O) groups is 1. The monoisotopic (exact) mass is 264 g/mol. The van der Waals surface area contributed by atoms with Crippen LogP contribution in [0.1, 0.15) is 11.4 Å². The minimum absolute atomic E-state index is 0.148. The molecule has 0 saturated carbocycles. The van der Waals surface area contributed by atoms with Gasteiger partial charge < -0.3 is 4.90 Å². The summed E-state index contributed by atoms with van der Waals surface area (Å²) in [4.78, 5) is 18.0. The summed E-state index contributed by atoms with van der Waals surface area (Å²) in [7, 11) is 0. The second-order valence-corrected chi connectivity index (χ2v) is 6.21. The topological polar surface area (TPSA) is 33.2 Å². The second kappa shape index (κ2) is 3.99. The SMILES string of the molecule is Cc1nc2cc(N3CC(S)CC3=O)ccc2s1. The highest BCUT2D eigenvalue weighted by Gasteiger charge is 2.28. The van der Waals surface area contributed by atoms with Crippen LogP contribution in [0.5, 0.6) is 0 Å². The van der Waals surface area contributed by atoms with Gasteiger partial charge in [0.05, 0.1) is 15.2 Å². The Morgan fingerprint density at radius 3 is 3.06 bits per heavy atom. The van der Waals surface area contributed by atoms with Crippen molar-refractivity contribution < 1.29 is 4.79 Å². The van der Waals surface area contributed by atoms with Gasteiger partial charge in [-0.2, -0.15) is 12.6 Å². The first-order valence-electron chi connectivity index (χ1n) is 5.49. The van der Waals surface area contributed by atoms with Crippen LogP contribution in [0.4, 0.5) is 5.69 Å². The molecule has 5 heteroatoms. The largest absolute Gasteiger partial charge is 0.311 e. The van der Waals surface area contributed by atoms with Crippen LogP contribution >= 0.6 is 24.0 Å². The number of hydrogen-bond donors (Lipinski definition) is 1. The molecule has 0 radical (unpaired) electrons. The average molecular weight is 264 g/mol. The van der Waals surface area contributed by atoms with E-state index in [4.69, 9.17) is 0 Å². The van der Waals surface area contributed by atoms with Crippen molar-refractivity contribution in [3.8, 4) is 0 Å². The van der Waals surface area contributed by atoms with Crippen LogP contribution in [-0.4, -0.2) is 22.7 Å². The number of fused-ring (bicyclic) bond motifs is 1. The molecule has 17 heavy (non-hydrogen) atoms. The van der Waals surface area contributed by atoms with Crippen molar-refractivity contribution in [2.24, 2.45) is 0 Å². The van der Waals surface area contributed by atoms with E-state index < -0.39 is 0 Å². The molecule has 0 spiro atoms. The van der Waals surface area contributed by atoms with E-state index in [1.807, 2.05) is 25.1 Å². The predicted molar refractivity (Wildman–Crippen MR) is 74.1 cm³/mol. The Labute approximate surface area is 109 Å². The summed E-state index contributed by atoms with van der Waals surface area (Å²) in [6, 6.07) is 6.01. The summed E-state index contributed by atoms with van der Waals surface area (Å²) < 4.78 is 1.17. The Morgan fingerprint density at radius 2 is 2.35 bits per heavy atom. The molecule has 3 rings (SSSR count). The normalized spacial score (nSPS) is 20.5. The maximum Gasteiger partial charge on any atom is 0.228 e. The number of amides is 1. The molecule has 1 amide bonds. The van der Waals surface area contributed by atoms with E-state index in [1.54, 1.807) is 16.2 Å². The molecule has 88 valence electrons. The molecular weight excluding hydrogens is 252 g/mol. The fourth-order valence-electron chi connectivity index (χ4n) is 2.14. The van der Waals surface area contributed by atoms with E-state index in [2.05, 4.69) is 17.6 Å². The smallest absolute Gasteiger partial charge is 0.228 e. The number of aromatic nitrogens is 1. The van der Waals surface area contributed by atoms with Crippen LogP contribution < -0.4 is 4.90 Å². The van der Waals surface area contributed by atoms with E-state index in [0.717, 1.165) is 16.2 Å². The number of anilines is 1. The third-order valence-electron chi connectivity index (χ3n) is 2.89. The van der Waals surface area contributed by atoms with Gasteiger partial charge in [-0.3, -0.25) is 4.79 Å². The molecule has 0 N–H and O–H groups in total. The number of carbonyl (C=O) groups excluding carboxylic acids is 1. The molecule has 1 aromatic heterocycles. The first-order valence-corrected chi connectivity index (χ1v) is 6.82. The van der Waals surface area contributed by atoms with Gasteiger partial charge in [0, 0.05) is 23.9 Å². The maximum atomic E-state index is 11.8. The summed E-state index contributed by atoms with van der Waals surface area (Å²) >= 11 is 6.04. The lowest BCUT2D eigenvalue weighted by atomic mass is 10.3. The Kier molecular flexibility index (Phi) is 2.60. The standard InChI is InChI=1S/C12H12N2OS2/c1-7-13-10-4-8(2-3-11(10)17-7)14-6-9(16)5-12(14)15/h2-4,9,16H,5-6H2,1H3. The van der Waals surface area contributed by atoms with Crippen LogP contribution in [0, 0.1) is 6.92 Å². The number of thiazole rings is 1. The number of rotatable bonds is 1. The fourth-order valence-corrected chi connectivity index (χ4v) is 3.26. The molecule has 1 fully saturated rings. The van der Waals surface area contributed by atoms with Crippen molar-refractivity contribution in [3.63, 3.8) is 0 Å². The molecule has 0 bridgehead atoms. The minimum Gasteiger partial charge on any atom is -0.311 e. The number of nitrogens with zero attached hydrogens (tertiary/aromatic N) is 2. The lowest BCUT2D eigenvalue weighted by Crippen LogP contribution is -2.24. The van der Waals surface area contributed by atoms with Crippen LogP contribution in [0.25, 0.3) is 10.2 Å². The van der Waals surface area contributed by atoms with Gasteiger partial charge in [0.25, 0.3) is 0 Å². The van der Waals surface area contributed by atoms with Crippen molar-refractivity contribution >= 4 is 45.8 Å². The van der Waals surface area contributed by atoms with Crippen LogP contribution in [0.15, 0.2) is 18.2 Å². The lowest BCUT2D eigenvalue weighted by Gasteiger charge is -2.15. The van der Waals surface area contributed by atoms with E-state index in [-0.39, 0.29) is 11.2 Å². The predicted octanol–water partition coefficient (Wildman–Crippen LogP) is 2.64. The van der Waals surface area contributed by atoms with E-state index >= 15 is 0 Å². The van der Waals surface area contributed by atoms with Gasteiger partial charge in [0.2, 0.25) is 5.91 Å². The quantitative estimate of drug-likeness (QED) is 0.803. The number of thiol groups is 1. The van der Waals surface area contributed by atoms with Crippen LogP contribution in [-0.2, 0) is 4.79 Å². The van der Waals surface area contributed by atoms with Crippen LogP contribution in [0.3, 0.4) is 0 Å². The highest BCUT2D eigenvalue weighted by atomic mass is 32.1. The van der Waals surface area contributed by atoms with E-state index in [9.17, 15) is 4.79 Å². The maximum absolute atomic E-state index is 11.8. The molecule has 3 nitrogen and oxygen atoms in total. The zero-order valence-electron chi connectivity index (χ0n) is 9.38. The van der Waals surface area contributed by atoms with Gasteiger partial charge in [0.15, 0.2) is 0 Å². The molecule has 1 saturated heterocycles. The zero-order chi connectivity index (χ0) is 12.0. The van der Waals surface area contributed by atoms with E-state index in [0.29, 0.717) is 13.0 Å². The molecule has 1 aromatic carbocycles. The summed E-state index contributed by atoms with van der Waals surface area (Å²) in [6.45, 7) is 2.69. The first kappa shape index (κ1) is 11.0. The molecule has 1 atom stereocenters. The molecule has 1 unspecified atom stereocenters. The van der Waals surface area contributed by atoms with Crippen molar-refractivity contribution in [1.82, 2.24) is 4.98 Å². The summed E-state index contributed by atoms with van der Waals surface area (Å²) in [5.74, 6) is 0.149. The van der Waals surface area contributed by atoms with Crippen molar-refractivity contribution in [2.75, 3.05) is 11.4 Å². The van der Waals surface area contributed by atoms with Gasteiger partial charge in [-0.15, -0.1) is 11.3 Å². The van der Waals surface area contributed by atoms with Crippen molar-refractivity contribution in [1.29, 1.82) is 0 Å². The third-order valence-corrected chi connectivity index (χ3v) is 4.19. The first-order chi connectivity index (χ1) is 8.13. The van der Waals surface area contributed by atoms with E-state index in [1.165, 1.54) is 4.70 Å². The van der Waals surface area contributed by atoms with Gasteiger partial charge in [-0.25, -0.2) is 4.98 Å². The minimum atomic E-state index is 0.148. The molecule has 2 heterocycles. The Bertz CT molecular complexity index is 593. The summed E-state index contributed by atoms with van der Waals surface area (Å²) in [6.07, 6.45) is 0.525. The second-order valence-electron chi connectivity index (χ2n) is 4.25. The van der Waals surface area contributed by atoms with Crippen LogP contribution in [0.2, 0.25) is 0 Å². The van der Waals surface area contributed by atoms with Gasteiger partial charge >= 0.3 is 0 Å². The molecular formula is C12H12N2OS2. The lowest BCUT2D eigenvalue weighted by molar-refractivity contribution is -0.117. The average Bonchev–Trinajstić information content (AvgIpc) is 2.78. The highest BCUT2D eigenvalue weighted by molar-refractivity contribution is 7.81. The number of hydrogen-bond acceptors (Lipinski definition) is 4. The third kappa shape index (κ3) is 1.93. The Morgan fingerprint density at radius 1 is 1.53 bits per heavy atom. The van der Waals surface area contributed by atoms with Gasteiger partial charge in [0.1, 0.15) is 0 Å². The highest BCUT2D eigenvalue weighted by Crippen LogP contribution is 2.29. The van der Waals surface area contributed by atoms with Crippen molar-refractivity contribution in [2.45, 2.75) is 18.6 Å².